The van der Waals surface area contributed by atoms with Gasteiger partial charge in [-0.1, -0.05) is 30.3 Å². The van der Waals surface area contributed by atoms with Crippen LogP contribution in [0.5, 0.6) is 0 Å². The molecule has 3 heterocycles. The molecule has 28 heavy (non-hydrogen) atoms. The average Bonchev–Trinajstić information content (AvgIpc) is 2.74. The fourth-order valence-corrected chi connectivity index (χ4v) is 4.14. The van der Waals surface area contributed by atoms with Crippen molar-refractivity contribution in [2.75, 3.05) is 31.2 Å². The summed E-state index contributed by atoms with van der Waals surface area (Å²) in [5.41, 5.74) is 2.58. The summed E-state index contributed by atoms with van der Waals surface area (Å²) in [6.45, 7) is 2.56. The fourth-order valence-electron chi connectivity index (χ4n) is 4.14. The van der Waals surface area contributed by atoms with Crippen LogP contribution in [-0.2, 0) is 11.2 Å². The van der Waals surface area contributed by atoms with Gasteiger partial charge in [-0.05, 0) is 23.5 Å². The maximum Gasteiger partial charge on any atom is 0.262 e. The molecule has 5 rings (SSSR count). The molecule has 0 radical (unpaired) electrons. The molecule has 2 aromatic heterocycles. The maximum atomic E-state index is 13.0. The summed E-state index contributed by atoms with van der Waals surface area (Å²) in [4.78, 5) is 39.5. The van der Waals surface area contributed by atoms with Crippen LogP contribution in [-0.4, -0.2) is 47.0 Å². The molecule has 0 spiro atoms. The molecule has 3 aromatic rings. The van der Waals surface area contributed by atoms with Crippen molar-refractivity contribution in [3.8, 4) is 0 Å². The number of ether oxygens (including phenoxy) is 1. The lowest BCUT2D eigenvalue weighted by Gasteiger charge is -2.28. The van der Waals surface area contributed by atoms with E-state index in [0.717, 1.165) is 11.1 Å². The number of morpholine rings is 1. The van der Waals surface area contributed by atoms with Crippen molar-refractivity contribution >= 4 is 22.8 Å². The molecular weight excluding hydrogens is 356 g/mol. The van der Waals surface area contributed by atoms with E-state index < -0.39 is 0 Å². The number of H-pyrrole nitrogens is 1. The van der Waals surface area contributed by atoms with Crippen molar-refractivity contribution < 1.29 is 9.53 Å². The highest BCUT2D eigenvalue weighted by Crippen LogP contribution is 2.34. The van der Waals surface area contributed by atoms with E-state index in [4.69, 9.17) is 4.74 Å². The number of aromatic nitrogens is 3. The first-order valence-electron chi connectivity index (χ1n) is 9.53. The number of rotatable bonds is 2. The summed E-state index contributed by atoms with van der Waals surface area (Å²) in [6.07, 6.45) is 2.64. The molecule has 2 aliphatic rings. The molecule has 0 bridgehead atoms. The molecular formula is C21H20N4O3. The number of anilines is 1. The van der Waals surface area contributed by atoms with Crippen LogP contribution >= 0.6 is 0 Å². The third-order valence-corrected chi connectivity index (χ3v) is 5.59. The van der Waals surface area contributed by atoms with Gasteiger partial charge in [0, 0.05) is 31.3 Å². The van der Waals surface area contributed by atoms with Gasteiger partial charge in [0.1, 0.15) is 0 Å². The molecule has 0 saturated carbocycles. The van der Waals surface area contributed by atoms with Crippen molar-refractivity contribution in [2.45, 2.75) is 18.8 Å². The van der Waals surface area contributed by atoms with E-state index in [1.807, 2.05) is 35.2 Å². The van der Waals surface area contributed by atoms with E-state index >= 15 is 0 Å². The van der Waals surface area contributed by atoms with E-state index in [1.54, 1.807) is 6.20 Å². The van der Waals surface area contributed by atoms with E-state index in [2.05, 4.69) is 15.0 Å². The highest BCUT2D eigenvalue weighted by Gasteiger charge is 2.29. The molecule has 142 valence electrons. The van der Waals surface area contributed by atoms with E-state index in [0.29, 0.717) is 61.7 Å². The number of nitrogens with one attached hydrogen (secondary N) is 1. The van der Waals surface area contributed by atoms with Crippen LogP contribution in [0, 0.1) is 0 Å². The summed E-state index contributed by atoms with van der Waals surface area (Å²) in [7, 11) is 0. The minimum absolute atomic E-state index is 0.0289. The third-order valence-electron chi connectivity index (χ3n) is 5.59. The second-order valence-electron chi connectivity index (χ2n) is 7.28. The van der Waals surface area contributed by atoms with Gasteiger partial charge in [-0.15, -0.1) is 0 Å². The Bertz CT molecular complexity index is 1100. The first-order valence-corrected chi connectivity index (χ1v) is 9.53. The second kappa shape index (κ2) is 6.83. The van der Waals surface area contributed by atoms with Crippen molar-refractivity contribution in [1.82, 2.24) is 15.0 Å². The Morgan fingerprint density at radius 2 is 1.86 bits per heavy atom. The number of Topliss-reactive ketones (excluding diaryl/α,β-unsaturated/α-hetero) is 1. The van der Waals surface area contributed by atoms with Gasteiger partial charge in [0.2, 0.25) is 5.95 Å². The molecule has 1 aliphatic heterocycles. The largest absolute Gasteiger partial charge is 0.378 e. The molecule has 0 amide bonds. The quantitative estimate of drug-likeness (QED) is 0.737. The Kier molecular flexibility index (Phi) is 4.16. The molecule has 7 nitrogen and oxygen atoms in total. The zero-order valence-corrected chi connectivity index (χ0v) is 15.4. The summed E-state index contributed by atoms with van der Waals surface area (Å²) in [5.74, 6) is 0.598. The average molecular weight is 376 g/mol. The lowest BCUT2D eigenvalue weighted by molar-refractivity contribution is 0.0964. The van der Waals surface area contributed by atoms with Crippen LogP contribution in [0.25, 0.3) is 11.0 Å². The molecule has 1 atom stereocenters. The Labute approximate surface area is 161 Å². The predicted octanol–water partition coefficient (Wildman–Crippen LogP) is 2.07. The predicted molar refractivity (Wildman–Crippen MR) is 105 cm³/mol. The van der Waals surface area contributed by atoms with Gasteiger partial charge in [-0.25, -0.2) is 4.98 Å². The third kappa shape index (κ3) is 2.88. The number of fused-ring (bicyclic) bond motifs is 3. The number of carbonyl (C=O) groups excluding carboxylic acids is 1. The van der Waals surface area contributed by atoms with Gasteiger partial charge in [0.25, 0.3) is 5.56 Å². The standard InChI is InChI=1S/C21H20N4O3/c26-17-11-14(13-4-2-1-3-5-13)10-15-16(17)12-22-19-18(15)20(27)24-21(23-19)25-6-8-28-9-7-25/h1-5,12,14H,6-11H2,(H,22,23,24,27)/t14-/m0/s1. The summed E-state index contributed by atoms with van der Waals surface area (Å²) in [6, 6.07) is 9.98. The van der Waals surface area contributed by atoms with Gasteiger partial charge in [0.15, 0.2) is 11.4 Å². The lowest BCUT2D eigenvalue weighted by Crippen LogP contribution is -2.38. The summed E-state index contributed by atoms with van der Waals surface area (Å²) < 4.78 is 5.36. The molecule has 1 N–H and O–H groups in total. The fraction of sp³-hybridized carbons (Fsp3) is 0.333. The Hall–Kier alpha value is -3.06. The molecule has 1 aliphatic carbocycles. The topological polar surface area (TPSA) is 88.2 Å². The van der Waals surface area contributed by atoms with Gasteiger partial charge >= 0.3 is 0 Å². The monoisotopic (exact) mass is 376 g/mol. The minimum atomic E-state index is -0.239. The number of ketones is 1. The maximum absolute atomic E-state index is 13.0. The van der Waals surface area contributed by atoms with Crippen LogP contribution < -0.4 is 10.5 Å². The SMILES string of the molecule is O=C1C[C@@H](c2ccccc2)Cc2c1cnc1nc(N3CCOCC3)[nH]c(=O)c21. The number of nitrogens with zero attached hydrogens (tertiary/aromatic N) is 3. The summed E-state index contributed by atoms with van der Waals surface area (Å²) >= 11 is 0. The minimum Gasteiger partial charge on any atom is -0.378 e. The van der Waals surface area contributed by atoms with Crippen LogP contribution in [0.15, 0.2) is 41.3 Å². The highest BCUT2D eigenvalue weighted by atomic mass is 16.5. The number of hydrogen-bond acceptors (Lipinski definition) is 6. The first-order chi connectivity index (χ1) is 13.7. The lowest BCUT2D eigenvalue weighted by atomic mass is 9.79. The van der Waals surface area contributed by atoms with Crippen LogP contribution in [0.1, 0.15) is 33.8 Å². The molecule has 1 saturated heterocycles. The van der Waals surface area contributed by atoms with Crippen molar-refractivity contribution in [1.29, 1.82) is 0 Å². The van der Waals surface area contributed by atoms with Gasteiger partial charge in [-0.2, -0.15) is 4.98 Å². The Morgan fingerprint density at radius 1 is 1.07 bits per heavy atom. The first kappa shape index (κ1) is 17.1. The normalized spacial score (nSPS) is 19.6. The van der Waals surface area contributed by atoms with Gasteiger partial charge < -0.3 is 9.64 Å². The number of aromatic amines is 1. The Balaban J connectivity index is 1.61. The van der Waals surface area contributed by atoms with Crippen molar-refractivity contribution in [2.24, 2.45) is 0 Å². The number of pyridine rings is 1. The van der Waals surface area contributed by atoms with Gasteiger partial charge in [-0.3, -0.25) is 14.6 Å². The van der Waals surface area contributed by atoms with Crippen LogP contribution in [0.2, 0.25) is 0 Å². The number of benzene rings is 1. The van der Waals surface area contributed by atoms with Gasteiger partial charge in [0.05, 0.1) is 18.6 Å². The molecule has 1 fully saturated rings. The molecule has 1 aromatic carbocycles. The van der Waals surface area contributed by atoms with E-state index in [9.17, 15) is 9.59 Å². The zero-order valence-electron chi connectivity index (χ0n) is 15.4. The smallest absolute Gasteiger partial charge is 0.262 e. The molecule has 7 heteroatoms. The Morgan fingerprint density at radius 3 is 2.64 bits per heavy atom. The van der Waals surface area contributed by atoms with Crippen LogP contribution in [0.3, 0.4) is 0 Å². The summed E-state index contributed by atoms with van der Waals surface area (Å²) in [5, 5.41) is 0.434. The molecule has 0 unspecified atom stereocenters. The van der Waals surface area contributed by atoms with E-state index in [-0.39, 0.29) is 17.3 Å². The zero-order chi connectivity index (χ0) is 19.1. The van der Waals surface area contributed by atoms with E-state index in [1.165, 1.54) is 0 Å². The number of carbonyl (C=O) groups is 1. The van der Waals surface area contributed by atoms with Crippen molar-refractivity contribution in [3.05, 3.63) is 63.6 Å². The second-order valence-corrected chi connectivity index (χ2v) is 7.28. The van der Waals surface area contributed by atoms with Crippen molar-refractivity contribution in [3.63, 3.8) is 0 Å². The highest BCUT2D eigenvalue weighted by molar-refractivity contribution is 6.02. The van der Waals surface area contributed by atoms with Crippen LogP contribution in [0.4, 0.5) is 5.95 Å². The number of hydrogen-bond donors (Lipinski definition) is 1.